The van der Waals surface area contributed by atoms with Gasteiger partial charge in [0.25, 0.3) is 0 Å². The van der Waals surface area contributed by atoms with E-state index < -0.39 is 0 Å². The molecule has 2 rings (SSSR count). The largest absolute Gasteiger partial charge is 0.370 e. The lowest BCUT2D eigenvalue weighted by Gasteiger charge is -2.19. The van der Waals surface area contributed by atoms with E-state index in [2.05, 4.69) is 27.8 Å². The van der Waals surface area contributed by atoms with E-state index >= 15 is 0 Å². The van der Waals surface area contributed by atoms with Crippen molar-refractivity contribution in [2.75, 3.05) is 18.4 Å². The Morgan fingerprint density at radius 1 is 1.30 bits per heavy atom. The van der Waals surface area contributed by atoms with Crippen molar-refractivity contribution in [3.05, 3.63) is 29.3 Å². The molecule has 0 spiro atoms. The van der Waals surface area contributed by atoms with Crippen LogP contribution in [0.25, 0.3) is 0 Å². The molecule has 6 heteroatoms. The number of hydrogen-bond donors (Lipinski definition) is 3. The summed E-state index contributed by atoms with van der Waals surface area (Å²) in [6.07, 6.45) is 4.72. The maximum absolute atomic E-state index is 11.4. The number of fused-ring (bicyclic) bond motifs is 1. The molecule has 23 heavy (non-hydrogen) atoms. The molecule has 0 heterocycles. The van der Waals surface area contributed by atoms with Gasteiger partial charge >= 0.3 is 0 Å². The van der Waals surface area contributed by atoms with Gasteiger partial charge in [-0.15, -0.1) is 24.0 Å². The van der Waals surface area contributed by atoms with Gasteiger partial charge in [-0.05, 0) is 42.9 Å². The molecule has 0 aliphatic heterocycles. The van der Waals surface area contributed by atoms with Gasteiger partial charge in [0.2, 0.25) is 5.91 Å². The average Bonchev–Trinajstić information content (AvgIpc) is 2.51. The molecule has 128 valence electrons. The van der Waals surface area contributed by atoms with Crippen LogP contribution < -0.4 is 16.4 Å². The van der Waals surface area contributed by atoms with Crippen LogP contribution in [0.4, 0.5) is 5.69 Å². The number of anilines is 1. The van der Waals surface area contributed by atoms with Gasteiger partial charge in [-0.1, -0.05) is 26.0 Å². The van der Waals surface area contributed by atoms with Gasteiger partial charge in [0.1, 0.15) is 0 Å². The summed E-state index contributed by atoms with van der Waals surface area (Å²) < 4.78 is 0. The molecule has 0 aromatic heterocycles. The van der Waals surface area contributed by atoms with E-state index in [0.717, 1.165) is 18.5 Å². The number of nitrogens with two attached hydrogens (primary N) is 1. The number of amides is 1. The summed E-state index contributed by atoms with van der Waals surface area (Å²) >= 11 is 0. The summed E-state index contributed by atoms with van der Waals surface area (Å²) in [5.74, 6) is 0.437. The second-order valence-corrected chi connectivity index (χ2v) is 5.99. The fraction of sp³-hybridized carbons (Fsp3) is 0.529. The molecule has 1 aromatic rings. The van der Waals surface area contributed by atoms with Crippen LogP contribution in [0, 0.1) is 5.92 Å². The second kappa shape index (κ2) is 9.75. The summed E-state index contributed by atoms with van der Waals surface area (Å²) in [6, 6.07) is 6.30. The van der Waals surface area contributed by atoms with Crippen molar-refractivity contribution in [2.24, 2.45) is 16.6 Å². The van der Waals surface area contributed by atoms with Crippen LogP contribution >= 0.6 is 24.0 Å². The normalized spacial score (nSPS) is 14.0. The fourth-order valence-electron chi connectivity index (χ4n) is 2.64. The number of carbonyl (C=O) groups is 1. The molecule has 0 fully saturated rings. The first-order valence-corrected chi connectivity index (χ1v) is 8.03. The number of hydrogen-bond acceptors (Lipinski definition) is 2. The van der Waals surface area contributed by atoms with Gasteiger partial charge in [-0.3, -0.25) is 9.79 Å². The smallest absolute Gasteiger partial charge is 0.222 e. The standard InChI is InChI=1S/C17H26N4O.HI/c1-12(2)16(22)19-10-11-20-17(18)21-15-9-5-7-13-6-3-4-8-14(13)15;/h5,7,9,12H,3-4,6,8,10-11H2,1-2H3,(H,19,22)(H3,18,20,21);1H. The highest BCUT2D eigenvalue weighted by atomic mass is 127. The van der Waals surface area contributed by atoms with Gasteiger partial charge in [-0.25, -0.2) is 0 Å². The van der Waals surface area contributed by atoms with Crippen molar-refractivity contribution in [2.45, 2.75) is 39.5 Å². The Hall–Kier alpha value is -1.31. The number of benzene rings is 1. The Morgan fingerprint density at radius 3 is 2.78 bits per heavy atom. The van der Waals surface area contributed by atoms with Crippen LogP contribution in [0.5, 0.6) is 0 Å². The first-order valence-electron chi connectivity index (χ1n) is 8.03. The van der Waals surface area contributed by atoms with Crippen molar-refractivity contribution in [3.8, 4) is 0 Å². The molecule has 0 bridgehead atoms. The van der Waals surface area contributed by atoms with Crippen LogP contribution in [0.15, 0.2) is 23.2 Å². The minimum Gasteiger partial charge on any atom is -0.370 e. The minimum atomic E-state index is -0.00436. The number of nitrogens with zero attached hydrogens (tertiary/aromatic N) is 1. The van der Waals surface area contributed by atoms with Crippen molar-refractivity contribution in [1.82, 2.24) is 5.32 Å². The topological polar surface area (TPSA) is 79.5 Å². The molecule has 1 aliphatic rings. The molecule has 4 N–H and O–H groups in total. The van der Waals surface area contributed by atoms with E-state index in [1.807, 2.05) is 19.9 Å². The van der Waals surface area contributed by atoms with Crippen molar-refractivity contribution < 1.29 is 4.79 Å². The third-order valence-corrected chi connectivity index (χ3v) is 3.88. The highest BCUT2D eigenvalue weighted by Gasteiger charge is 2.13. The van der Waals surface area contributed by atoms with E-state index in [9.17, 15) is 4.79 Å². The Labute approximate surface area is 155 Å². The maximum atomic E-state index is 11.4. The van der Waals surface area contributed by atoms with Crippen molar-refractivity contribution >= 4 is 41.5 Å². The van der Waals surface area contributed by atoms with E-state index in [0.29, 0.717) is 19.0 Å². The molecule has 1 aliphatic carbocycles. The average molecular weight is 430 g/mol. The summed E-state index contributed by atoms with van der Waals surface area (Å²) in [7, 11) is 0. The van der Waals surface area contributed by atoms with Gasteiger partial charge in [0.05, 0.1) is 6.54 Å². The molecule has 1 amide bonds. The Balaban J connectivity index is 0.00000264. The molecule has 0 saturated heterocycles. The summed E-state index contributed by atoms with van der Waals surface area (Å²) in [5, 5.41) is 6.02. The third-order valence-electron chi connectivity index (χ3n) is 3.88. The lowest BCUT2D eigenvalue weighted by molar-refractivity contribution is -0.123. The second-order valence-electron chi connectivity index (χ2n) is 5.99. The van der Waals surface area contributed by atoms with E-state index in [1.54, 1.807) is 0 Å². The molecular weight excluding hydrogens is 403 g/mol. The van der Waals surface area contributed by atoms with Crippen molar-refractivity contribution in [3.63, 3.8) is 0 Å². The number of guanidine groups is 1. The number of aryl methyl sites for hydroxylation is 1. The van der Waals surface area contributed by atoms with Gasteiger partial charge in [0, 0.05) is 18.2 Å². The Kier molecular flexibility index (Phi) is 8.36. The van der Waals surface area contributed by atoms with Crippen molar-refractivity contribution in [1.29, 1.82) is 0 Å². The highest BCUT2D eigenvalue weighted by Crippen LogP contribution is 2.27. The van der Waals surface area contributed by atoms with Gasteiger partial charge in [0.15, 0.2) is 5.96 Å². The van der Waals surface area contributed by atoms with Gasteiger partial charge < -0.3 is 16.4 Å². The quantitative estimate of drug-likeness (QED) is 0.291. The predicted molar refractivity (Wildman–Crippen MR) is 106 cm³/mol. The van der Waals surface area contributed by atoms with Crippen LogP contribution in [0.2, 0.25) is 0 Å². The zero-order valence-corrected chi connectivity index (χ0v) is 16.2. The molecule has 0 saturated carbocycles. The van der Waals surface area contributed by atoms with Gasteiger partial charge in [-0.2, -0.15) is 0 Å². The lowest BCUT2D eigenvalue weighted by atomic mass is 9.90. The van der Waals surface area contributed by atoms with Crippen LogP contribution in [-0.2, 0) is 17.6 Å². The molecule has 0 unspecified atom stereocenters. The lowest BCUT2D eigenvalue weighted by Crippen LogP contribution is -2.31. The molecule has 0 radical (unpaired) electrons. The summed E-state index contributed by atoms with van der Waals surface area (Å²) in [6.45, 7) is 4.72. The molecule has 1 aromatic carbocycles. The highest BCUT2D eigenvalue weighted by molar-refractivity contribution is 14.0. The first kappa shape index (κ1) is 19.7. The zero-order chi connectivity index (χ0) is 15.9. The number of nitrogens with one attached hydrogen (secondary N) is 2. The molecular formula is C17H27IN4O. The number of halogens is 1. The SMILES string of the molecule is CC(C)C(=O)NCCN=C(N)Nc1cccc2c1CCCC2.I. The molecule has 5 nitrogen and oxygen atoms in total. The summed E-state index contributed by atoms with van der Waals surface area (Å²) in [5.41, 5.74) is 9.77. The zero-order valence-electron chi connectivity index (χ0n) is 13.9. The van der Waals surface area contributed by atoms with E-state index in [4.69, 9.17) is 5.73 Å². The van der Waals surface area contributed by atoms with Crippen LogP contribution in [0.3, 0.4) is 0 Å². The van der Waals surface area contributed by atoms with E-state index in [1.165, 1.54) is 24.0 Å². The van der Waals surface area contributed by atoms with Crippen LogP contribution in [-0.4, -0.2) is 25.0 Å². The fourth-order valence-corrected chi connectivity index (χ4v) is 2.64. The number of aliphatic imine (C=N–C) groups is 1. The minimum absolute atomic E-state index is 0. The number of rotatable bonds is 5. The number of carbonyl (C=O) groups excluding carboxylic acids is 1. The predicted octanol–water partition coefficient (Wildman–Crippen LogP) is 2.68. The van der Waals surface area contributed by atoms with E-state index in [-0.39, 0.29) is 35.8 Å². The monoisotopic (exact) mass is 430 g/mol. The maximum Gasteiger partial charge on any atom is 0.222 e. The first-order chi connectivity index (χ1) is 10.6. The molecule has 0 atom stereocenters. The van der Waals surface area contributed by atoms with Crippen LogP contribution in [0.1, 0.15) is 37.8 Å². The summed E-state index contributed by atoms with van der Waals surface area (Å²) in [4.78, 5) is 15.7. The Bertz CT molecular complexity index is 558. The Morgan fingerprint density at radius 2 is 2.04 bits per heavy atom. The third kappa shape index (κ3) is 6.01.